The number of rotatable bonds is 16. The summed E-state index contributed by atoms with van der Waals surface area (Å²) >= 11 is 0. The third-order valence-electron chi connectivity index (χ3n) is 4.71. The summed E-state index contributed by atoms with van der Waals surface area (Å²) in [6, 6.07) is 0. The molecule has 1 heteroatoms. The van der Waals surface area contributed by atoms with Gasteiger partial charge in [-0.25, -0.2) is 0 Å². The van der Waals surface area contributed by atoms with Gasteiger partial charge in [-0.1, -0.05) is 104 Å². The first-order chi connectivity index (χ1) is 10.2. The number of hydrogen-bond acceptors (Lipinski definition) is 1. The molecule has 0 saturated heterocycles. The maximum Gasteiger partial charge on any atom is 0.0647 e. The van der Waals surface area contributed by atoms with Crippen LogP contribution in [0.15, 0.2) is 0 Å². The molecule has 1 atom stereocenters. The second-order valence-electron chi connectivity index (χ2n) is 7.01. The molecule has 21 heavy (non-hydrogen) atoms. The van der Waals surface area contributed by atoms with Crippen molar-refractivity contribution >= 4 is 0 Å². The van der Waals surface area contributed by atoms with E-state index in [2.05, 4.69) is 20.8 Å². The third kappa shape index (κ3) is 13.4. The molecule has 0 aliphatic carbocycles. The Balaban J connectivity index is 3.49. The maximum atomic E-state index is 10.7. The van der Waals surface area contributed by atoms with Crippen molar-refractivity contribution < 1.29 is 5.11 Å². The van der Waals surface area contributed by atoms with E-state index in [1.807, 2.05) is 0 Å². The van der Waals surface area contributed by atoms with Gasteiger partial charge in [-0.15, -0.1) is 0 Å². The summed E-state index contributed by atoms with van der Waals surface area (Å²) in [5, 5.41) is 10.7. The lowest BCUT2D eigenvalue weighted by molar-refractivity contribution is 0.00919. The van der Waals surface area contributed by atoms with E-state index < -0.39 is 0 Å². The van der Waals surface area contributed by atoms with Gasteiger partial charge in [0, 0.05) is 0 Å². The molecule has 0 saturated carbocycles. The standard InChI is InChI=1S/C20H42O/c1-4-7-9-10-11-12-13-14-15-16-19-20(21,17-6-3)18-8-5-2/h21H,4-19H2,1-3H3. The molecule has 0 radical (unpaired) electrons. The first-order valence-corrected chi connectivity index (χ1v) is 9.91. The molecule has 1 nitrogen and oxygen atoms in total. The van der Waals surface area contributed by atoms with Gasteiger partial charge in [0.25, 0.3) is 0 Å². The van der Waals surface area contributed by atoms with Crippen molar-refractivity contribution in [1.29, 1.82) is 0 Å². The van der Waals surface area contributed by atoms with Crippen molar-refractivity contribution in [3.05, 3.63) is 0 Å². The normalized spacial score (nSPS) is 14.3. The third-order valence-corrected chi connectivity index (χ3v) is 4.71. The average molecular weight is 299 g/mol. The van der Waals surface area contributed by atoms with E-state index in [1.165, 1.54) is 77.0 Å². The van der Waals surface area contributed by atoms with Gasteiger partial charge in [-0.05, 0) is 19.3 Å². The molecule has 0 fully saturated rings. The Bertz CT molecular complexity index is 202. The van der Waals surface area contributed by atoms with E-state index in [4.69, 9.17) is 0 Å². The molecule has 0 aromatic rings. The van der Waals surface area contributed by atoms with Gasteiger partial charge >= 0.3 is 0 Å². The lowest BCUT2D eigenvalue weighted by Gasteiger charge is -2.28. The summed E-state index contributed by atoms with van der Waals surface area (Å²) in [4.78, 5) is 0. The monoisotopic (exact) mass is 298 g/mol. The average Bonchev–Trinajstić information content (AvgIpc) is 2.47. The first-order valence-electron chi connectivity index (χ1n) is 9.91. The van der Waals surface area contributed by atoms with E-state index >= 15 is 0 Å². The van der Waals surface area contributed by atoms with Crippen molar-refractivity contribution in [2.24, 2.45) is 0 Å². The smallest absolute Gasteiger partial charge is 0.0647 e. The SMILES string of the molecule is CCCCCCCCCCCCC(O)(CCC)CCCC. The molecule has 128 valence electrons. The lowest BCUT2D eigenvalue weighted by atomic mass is 9.86. The maximum absolute atomic E-state index is 10.7. The van der Waals surface area contributed by atoms with Crippen LogP contribution in [-0.4, -0.2) is 10.7 Å². The molecule has 0 spiro atoms. The first kappa shape index (κ1) is 21.0. The van der Waals surface area contributed by atoms with Gasteiger partial charge in [-0.3, -0.25) is 0 Å². The van der Waals surface area contributed by atoms with Crippen molar-refractivity contribution in [3.8, 4) is 0 Å². The molecule has 0 aromatic heterocycles. The van der Waals surface area contributed by atoms with Gasteiger partial charge in [-0.2, -0.15) is 0 Å². The van der Waals surface area contributed by atoms with Crippen LogP contribution in [0.5, 0.6) is 0 Å². The summed E-state index contributed by atoms with van der Waals surface area (Å²) in [5.74, 6) is 0. The minimum atomic E-state index is -0.356. The van der Waals surface area contributed by atoms with Crippen LogP contribution in [-0.2, 0) is 0 Å². The van der Waals surface area contributed by atoms with Crippen LogP contribution in [0.2, 0.25) is 0 Å². The Hall–Kier alpha value is -0.0400. The van der Waals surface area contributed by atoms with Gasteiger partial charge in [0.1, 0.15) is 0 Å². The van der Waals surface area contributed by atoms with Gasteiger partial charge in [0.05, 0.1) is 5.60 Å². The van der Waals surface area contributed by atoms with Crippen LogP contribution in [0.4, 0.5) is 0 Å². The Kier molecular flexibility index (Phi) is 14.9. The summed E-state index contributed by atoms with van der Waals surface area (Å²) in [6.45, 7) is 6.68. The number of aliphatic hydroxyl groups is 1. The molecular formula is C20H42O. The number of unbranched alkanes of at least 4 members (excludes halogenated alkanes) is 10. The van der Waals surface area contributed by atoms with Crippen LogP contribution in [0.3, 0.4) is 0 Å². The molecule has 0 rings (SSSR count). The predicted octanol–water partition coefficient (Wildman–Crippen LogP) is 7.02. The molecule has 0 bridgehead atoms. The summed E-state index contributed by atoms with van der Waals surface area (Å²) in [7, 11) is 0. The molecule has 0 amide bonds. The Morgan fingerprint density at radius 2 is 0.905 bits per heavy atom. The van der Waals surface area contributed by atoms with Crippen molar-refractivity contribution in [2.75, 3.05) is 0 Å². The van der Waals surface area contributed by atoms with E-state index in [0.717, 1.165) is 25.7 Å². The highest BCUT2D eigenvalue weighted by Gasteiger charge is 2.24. The topological polar surface area (TPSA) is 20.2 Å². The van der Waals surface area contributed by atoms with E-state index in [0.29, 0.717) is 0 Å². The zero-order valence-corrected chi connectivity index (χ0v) is 15.3. The molecule has 0 aliphatic heterocycles. The molecular weight excluding hydrogens is 256 g/mol. The molecule has 1 unspecified atom stereocenters. The molecule has 1 N–H and O–H groups in total. The zero-order valence-electron chi connectivity index (χ0n) is 15.3. The van der Waals surface area contributed by atoms with Crippen molar-refractivity contribution in [1.82, 2.24) is 0 Å². The van der Waals surface area contributed by atoms with Crippen LogP contribution < -0.4 is 0 Å². The zero-order chi connectivity index (χ0) is 15.8. The minimum absolute atomic E-state index is 0.356. The van der Waals surface area contributed by atoms with E-state index in [1.54, 1.807) is 0 Å². The quantitative estimate of drug-likeness (QED) is 0.304. The van der Waals surface area contributed by atoms with E-state index in [9.17, 15) is 5.11 Å². The second-order valence-corrected chi connectivity index (χ2v) is 7.01. The Labute approximate surface area is 134 Å². The second kappa shape index (κ2) is 14.9. The lowest BCUT2D eigenvalue weighted by Crippen LogP contribution is -2.28. The highest BCUT2D eigenvalue weighted by Crippen LogP contribution is 2.27. The minimum Gasteiger partial charge on any atom is -0.390 e. The van der Waals surface area contributed by atoms with Crippen molar-refractivity contribution in [2.45, 2.75) is 129 Å². The summed E-state index contributed by atoms with van der Waals surface area (Å²) in [5.41, 5.74) is -0.356. The molecule has 0 heterocycles. The van der Waals surface area contributed by atoms with Crippen LogP contribution in [0, 0.1) is 0 Å². The summed E-state index contributed by atoms with van der Waals surface area (Å²) < 4.78 is 0. The van der Waals surface area contributed by atoms with Gasteiger partial charge < -0.3 is 5.11 Å². The summed E-state index contributed by atoms with van der Waals surface area (Å²) in [6.07, 6.45) is 20.3. The Morgan fingerprint density at radius 1 is 0.476 bits per heavy atom. The molecule has 0 aliphatic rings. The van der Waals surface area contributed by atoms with Crippen LogP contribution in [0.25, 0.3) is 0 Å². The van der Waals surface area contributed by atoms with Crippen LogP contribution in [0.1, 0.15) is 124 Å². The van der Waals surface area contributed by atoms with Gasteiger partial charge in [0.15, 0.2) is 0 Å². The Morgan fingerprint density at radius 3 is 1.38 bits per heavy atom. The van der Waals surface area contributed by atoms with E-state index in [-0.39, 0.29) is 5.60 Å². The fourth-order valence-electron chi connectivity index (χ4n) is 3.29. The largest absolute Gasteiger partial charge is 0.390 e. The fraction of sp³-hybridized carbons (Fsp3) is 1.00. The van der Waals surface area contributed by atoms with Crippen LogP contribution >= 0.6 is 0 Å². The fourth-order valence-corrected chi connectivity index (χ4v) is 3.29. The van der Waals surface area contributed by atoms with Crippen molar-refractivity contribution in [3.63, 3.8) is 0 Å². The highest BCUT2D eigenvalue weighted by molar-refractivity contribution is 4.77. The predicted molar refractivity (Wildman–Crippen MR) is 95.8 cm³/mol. The van der Waals surface area contributed by atoms with Gasteiger partial charge in [0.2, 0.25) is 0 Å². The molecule has 0 aromatic carbocycles. The number of hydrogen-bond donors (Lipinski definition) is 1. The highest BCUT2D eigenvalue weighted by atomic mass is 16.3.